The molecule has 3 aromatic rings. The molecule has 0 spiro atoms. The molecule has 27 heavy (non-hydrogen) atoms. The second kappa shape index (κ2) is 7.12. The number of likely N-dealkylation sites (N-methyl/N-ethyl adjacent to an activating group) is 2. The van der Waals surface area contributed by atoms with E-state index in [1.807, 2.05) is 13.1 Å². The lowest BCUT2D eigenvalue weighted by molar-refractivity contribution is 0.314. The van der Waals surface area contributed by atoms with Crippen molar-refractivity contribution in [1.82, 2.24) is 14.9 Å². The van der Waals surface area contributed by atoms with Gasteiger partial charge in [-0.25, -0.2) is 14.4 Å². The minimum absolute atomic E-state index is 0.128. The summed E-state index contributed by atoms with van der Waals surface area (Å²) in [4.78, 5) is 13.7. The molecule has 0 saturated carbocycles. The van der Waals surface area contributed by atoms with Gasteiger partial charge in [0.1, 0.15) is 17.4 Å². The molecule has 1 saturated heterocycles. The molecule has 1 atom stereocenters. The number of aromatic nitrogens is 2. The third kappa shape index (κ3) is 3.45. The Morgan fingerprint density at radius 3 is 2.78 bits per heavy atom. The van der Waals surface area contributed by atoms with Gasteiger partial charge in [0.2, 0.25) is 0 Å². The van der Waals surface area contributed by atoms with Crippen LogP contribution in [0.3, 0.4) is 0 Å². The van der Waals surface area contributed by atoms with Crippen LogP contribution in [0.15, 0.2) is 42.5 Å². The SMILES string of the molecule is CN(CC1CCCN1C)c1nc(-c2ccccc2O)nc2ccc(F)cc12. The molecule has 1 aromatic heterocycles. The quantitative estimate of drug-likeness (QED) is 0.763. The van der Waals surface area contributed by atoms with E-state index in [2.05, 4.69) is 21.8 Å². The van der Waals surface area contributed by atoms with E-state index in [9.17, 15) is 9.50 Å². The smallest absolute Gasteiger partial charge is 0.165 e. The Labute approximate surface area is 158 Å². The number of phenols is 1. The lowest BCUT2D eigenvalue weighted by Gasteiger charge is -2.27. The van der Waals surface area contributed by atoms with Crippen LogP contribution in [-0.4, -0.2) is 53.2 Å². The van der Waals surface area contributed by atoms with Crippen molar-refractivity contribution in [3.05, 3.63) is 48.3 Å². The van der Waals surface area contributed by atoms with Crippen LogP contribution in [-0.2, 0) is 0 Å². The highest BCUT2D eigenvalue weighted by molar-refractivity contribution is 5.91. The minimum Gasteiger partial charge on any atom is -0.507 e. The number of halogens is 1. The monoisotopic (exact) mass is 366 g/mol. The largest absolute Gasteiger partial charge is 0.507 e. The zero-order valence-corrected chi connectivity index (χ0v) is 15.6. The van der Waals surface area contributed by atoms with Crippen molar-refractivity contribution in [2.75, 3.05) is 32.1 Å². The fourth-order valence-corrected chi connectivity index (χ4v) is 3.77. The zero-order valence-electron chi connectivity index (χ0n) is 15.6. The van der Waals surface area contributed by atoms with Crippen LogP contribution in [0.1, 0.15) is 12.8 Å². The van der Waals surface area contributed by atoms with Gasteiger partial charge in [0.25, 0.3) is 0 Å². The number of hydrogen-bond donors (Lipinski definition) is 1. The molecule has 2 aromatic carbocycles. The Morgan fingerprint density at radius 1 is 1.22 bits per heavy atom. The average molecular weight is 366 g/mol. The topological polar surface area (TPSA) is 52.5 Å². The van der Waals surface area contributed by atoms with Gasteiger partial charge in [-0.05, 0) is 56.8 Å². The first-order valence-electron chi connectivity index (χ1n) is 9.20. The van der Waals surface area contributed by atoms with E-state index in [1.165, 1.54) is 18.6 Å². The van der Waals surface area contributed by atoms with Gasteiger partial charge >= 0.3 is 0 Å². The van der Waals surface area contributed by atoms with Crippen LogP contribution < -0.4 is 4.90 Å². The Morgan fingerprint density at radius 2 is 2.04 bits per heavy atom. The summed E-state index contributed by atoms with van der Waals surface area (Å²) in [6.07, 6.45) is 2.34. The molecule has 0 bridgehead atoms. The van der Waals surface area contributed by atoms with Gasteiger partial charge in [-0.1, -0.05) is 12.1 Å². The fourth-order valence-electron chi connectivity index (χ4n) is 3.77. The number of nitrogens with zero attached hydrogens (tertiary/aromatic N) is 4. The van der Waals surface area contributed by atoms with Crippen LogP contribution in [0.25, 0.3) is 22.3 Å². The predicted octanol–water partition coefficient (Wildman–Crippen LogP) is 3.67. The molecule has 1 unspecified atom stereocenters. The molecule has 1 fully saturated rings. The van der Waals surface area contributed by atoms with Crippen molar-refractivity contribution in [3.63, 3.8) is 0 Å². The maximum Gasteiger partial charge on any atom is 0.165 e. The Kier molecular flexibility index (Phi) is 4.66. The predicted molar refractivity (Wildman–Crippen MR) is 106 cm³/mol. The van der Waals surface area contributed by atoms with Gasteiger partial charge in [0, 0.05) is 25.0 Å². The van der Waals surface area contributed by atoms with Crippen LogP contribution in [0.5, 0.6) is 5.75 Å². The van der Waals surface area contributed by atoms with E-state index in [-0.39, 0.29) is 11.6 Å². The van der Waals surface area contributed by atoms with E-state index < -0.39 is 0 Å². The summed E-state index contributed by atoms with van der Waals surface area (Å²) in [6.45, 7) is 1.90. The number of phenolic OH excluding ortho intramolecular Hbond substituents is 1. The Balaban J connectivity index is 1.81. The maximum atomic E-state index is 13.9. The molecule has 0 radical (unpaired) electrons. The van der Waals surface area contributed by atoms with Crippen molar-refractivity contribution in [2.45, 2.75) is 18.9 Å². The first-order valence-corrected chi connectivity index (χ1v) is 9.20. The summed E-state index contributed by atoms with van der Waals surface area (Å²) >= 11 is 0. The van der Waals surface area contributed by atoms with Gasteiger partial charge in [-0.3, -0.25) is 0 Å². The average Bonchev–Trinajstić information content (AvgIpc) is 3.06. The summed E-state index contributed by atoms with van der Waals surface area (Å²) in [5.74, 6) is 0.934. The van der Waals surface area contributed by atoms with Crippen molar-refractivity contribution in [3.8, 4) is 17.1 Å². The van der Waals surface area contributed by atoms with Crippen LogP contribution in [0.4, 0.5) is 10.2 Å². The first kappa shape index (κ1) is 17.7. The van der Waals surface area contributed by atoms with Gasteiger partial charge in [-0.15, -0.1) is 0 Å². The lowest BCUT2D eigenvalue weighted by atomic mass is 10.1. The molecule has 5 nitrogen and oxygen atoms in total. The molecule has 1 aliphatic heterocycles. The number of anilines is 1. The molecule has 1 aliphatic rings. The number of likely N-dealkylation sites (tertiary alicyclic amines) is 1. The summed E-state index contributed by atoms with van der Waals surface area (Å²) in [5, 5.41) is 10.9. The highest BCUT2D eigenvalue weighted by Crippen LogP contribution is 2.32. The second-order valence-electron chi connectivity index (χ2n) is 7.21. The zero-order chi connectivity index (χ0) is 19.0. The van der Waals surface area contributed by atoms with E-state index in [1.54, 1.807) is 24.3 Å². The van der Waals surface area contributed by atoms with E-state index in [0.29, 0.717) is 34.2 Å². The molecule has 4 rings (SSSR count). The number of aromatic hydroxyl groups is 1. The lowest BCUT2D eigenvalue weighted by Crippen LogP contribution is -2.37. The van der Waals surface area contributed by atoms with Gasteiger partial charge < -0.3 is 14.9 Å². The third-order valence-corrected chi connectivity index (χ3v) is 5.30. The molecule has 1 N–H and O–H groups in total. The van der Waals surface area contributed by atoms with Gasteiger partial charge in [0.15, 0.2) is 5.82 Å². The van der Waals surface area contributed by atoms with E-state index >= 15 is 0 Å². The van der Waals surface area contributed by atoms with Crippen molar-refractivity contribution < 1.29 is 9.50 Å². The first-order chi connectivity index (χ1) is 13.0. The number of fused-ring (bicyclic) bond motifs is 1. The van der Waals surface area contributed by atoms with Crippen molar-refractivity contribution in [2.24, 2.45) is 0 Å². The molecule has 140 valence electrons. The minimum atomic E-state index is -0.311. The highest BCUT2D eigenvalue weighted by atomic mass is 19.1. The number of para-hydroxylation sites is 1. The second-order valence-corrected chi connectivity index (χ2v) is 7.21. The summed E-state index contributed by atoms with van der Waals surface area (Å²) in [6, 6.07) is 12.0. The third-order valence-electron chi connectivity index (χ3n) is 5.30. The molecule has 0 aliphatic carbocycles. The van der Waals surface area contributed by atoms with Gasteiger partial charge in [0.05, 0.1) is 11.1 Å². The maximum absolute atomic E-state index is 13.9. The molecular formula is C21H23FN4O. The van der Waals surface area contributed by atoms with Crippen molar-refractivity contribution >= 4 is 16.7 Å². The fraction of sp³-hybridized carbons (Fsp3) is 0.333. The summed E-state index contributed by atoms with van der Waals surface area (Å²) in [5.41, 5.74) is 1.22. The standard InChI is InChI=1S/C21H23FN4O/c1-25-11-5-6-15(25)13-26(2)21-17-12-14(22)9-10-18(17)23-20(24-21)16-7-3-4-8-19(16)27/h3-4,7-10,12,15,27H,5-6,11,13H2,1-2H3. The number of hydrogen-bond acceptors (Lipinski definition) is 5. The van der Waals surface area contributed by atoms with E-state index in [0.717, 1.165) is 19.5 Å². The van der Waals surface area contributed by atoms with E-state index in [4.69, 9.17) is 4.98 Å². The molecule has 0 amide bonds. The Hall–Kier alpha value is -2.73. The molecule has 6 heteroatoms. The number of rotatable bonds is 4. The number of benzene rings is 2. The highest BCUT2D eigenvalue weighted by Gasteiger charge is 2.24. The van der Waals surface area contributed by atoms with Crippen LogP contribution >= 0.6 is 0 Å². The van der Waals surface area contributed by atoms with Crippen LogP contribution in [0, 0.1) is 5.82 Å². The van der Waals surface area contributed by atoms with Crippen LogP contribution in [0.2, 0.25) is 0 Å². The van der Waals surface area contributed by atoms with Crippen molar-refractivity contribution in [1.29, 1.82) is 0 Å². The summed E-state index contributed by atoms with van der Waals surface area (Å²) in [7, 11) is 4.12. The molecular weight excluding hydrogens is 343 g/mol. The normalized spacial score (nSPS) is 17.5. The summed E-state index contributed by atoms with van der Waals surface area (Å²) < 4.78 is 13.9. The Bertz CT molecular complexity index is 978. The van der Waals surface area contributed by atoms with Gasteiger partial charge in [-0.2, -0.15) is 0 Å². The molecule has 2 heterocycles.